The maximum atomic E-state index is 12.5. The molecule has 0 spiro atoms. The molecule has 0 aliphatic carbocycles. The van der Waals surface area contributed by atoms with Gasteiger partial charge < -0.3 is 14.2 Å². The summed E-state index contributed by atoms with van der Waals surface area (Å²) in [5.74, 6) is 1.32. The first-order chi connectivity index (χ1) is 13.3. The molecule has 11 nitrogen and oxygen atoms in total. The fraction of sp³-hybridized carbons (Fsp3) is 0.188. The summed E-state index contributed by atoms with van der Waals surface area (Å²) in [4.78, 5) is 30.3. The van der Waals surface area contributed by atoms with Crippen LogP contribution in [-0.4, -0.2) is 51.7 Å². The van der Waals surface area contributed by atoms with Crippen molar-refractivity contribution in [3.8, 4) is 17.5 Å². The van der Waals surface area contributed by atoms with Gasteiger partial charge in [-0.15, -0.1) is 0 Å². The average Bonchev–Trinajstić information content (AvgIpc) is 2.67. The largest absolute Gasteiger partial charge is 0.496 e. The number of rotatable bonds is 7. The van der Waals surface area contributed by atoms with E-state index in [0.717, 1.165) is 0 Å². The van der Waals surface area contributed by atoms with Crippen molar-refractivity contribution in [3.05, 3.63) is 35.9 Å². The van der Waals surface area contributed by atoms with Gasteiger partial charge in [-0.25, -0.2) is 22.7 Å². The number of urea groups is 1. The fourth-order valence-electron chi connectivity index (χ4n) is 2.06. The van der Waals surface area contributed by atoms with Gasteiger partial charge in [-0.2, -0.15) is 9.97 Å². The third-order valence-electron chi connectivity index (χ3n) is 3.26. The number of aromatic nitrogens is 2. The van der Waals surface area contributed by atoms with E-state index in [1.54, 1.807) is 10.8 Å². The third kappa shape index (κ3) is 4.75. The van der Waals surface area contributed by atoms with Gasteiger partial charge >= 0.3 is 6.03 Å². The number of sulfonamides is 1. The minimum absolute atomic E-state index is 0.0559. The normalized spacial score (nSPS) is 10.4. The summed E-state index contributed by atoms with van der Waals surface area (Å²) in [6, 6.07) is 6.03. The summed E-state index contributed by atoms with van der Waals surface area (Å²) < 4.78 is 41.5. The number of methoxy groups -OCH3 is 3. The number of amides is 2. The lowest BCUT2D eigenvalue weighted by Crippen LogP contribution is -2.35. The van der Waals surface area contributed by atoms with Crippen molar-refractivity contribution in [1.82, 2.24) is 14.7 Å². The zero-order valence-corrected chi connectivity index (χ0v) is 15.9. The number of anilines is 1. The number of benzene rings is 1. The Bertz CT molecular complexity index is 1010. The van der Waals surface area contributed by atoms with Gasteiger partial charge in [0.15, 0.2) is 4.91 Å². The van der Waals surface area contributed by atoms with Crippen LogP contribution in [0.25, 0.3) is 4.91 Å². The van der Waals surface area contributed by atoms with E-state index in [1.165, 1.54) is 51.5 Å². The van der Waals surface area contributed by atoms with E-state index in [2.05, 4.69) is 15.3 Å². The van der Waals surface area contributed by atoms with Crippen molar-refractivity contribution < 1.29 is 32.2 Å². The second-order valence-electron chi connectivity index (χ2n) is 4.97. The van der Waals surface area contributed by atoms with Crippen LogP contribution in [0, 0.1) is 0 Å². The van der Waals surface area contributed by atoms with Crippen LogP contribution in [0.4, 0.5) is 10.7 Å². The first kappa shape index (κ1) is 20.7. The molecule has 1 aromatic carbocycles. The van der Waals surface area contributed by atoms with Crippen LogP contribution in [0.5, 0.6) is 17.5 Å². The van der Waals surface area contributed by atoms with Gasteiger partial charge in [-0.05, 0) is 12.1 Å². The Kier molecular flexibility index (Phi) is 6.53. The zero-order valence-electron chi connectivity index (χ0n) is 15.0. The molecule has 0 saturated carbocycles. The second-order valence-corrected chi connectivity index (χ2v) is 6.59. The first-order valence-corrected chi connectivity index (χ1v) is 9.02. The molecule has 0 aliphatic rings. The lowest BCUT2D eigenvalue weighted by atomic mass is 10.2. The summed E-state index contributed by atoms with van der Waals surface area (Å²) in [5, 5.41) is 2.12. The number of carbonyl (C=O) groups excluding carboxylic acids is 2. The van der Waals surface area contributed by atoms with Gasteiger partial charge in [0.05, 0.1) is 27.4 Å². The van der Waals surface area contributed by atoms with E-state index in [1.807, 2.05) is 0 Å². The van der Waals surface area contributed by atoms with Crippen LogP contribution in [0.2, 0.25) is 0 Å². The molecule has 12 heteroatoms. The maximum Gasteiger partial charge on any atom is 0.335 e. The molecule has 1 aromatic heterocycles. The molecule has 2 amide bonds. The van der Waals surface area contributed by atoms with Crippen molar-refractivity contribution >= 4 is 32.8 Å². The Balaban J connectivity index is 2.26. The number of nitrogens with one attached hydrogen (secondary N) is 2. The van der Waals surface area contributed by atoms with Crippen LogP contribution in [0.1, 0.15) is 5.56 Å². The molecule has 0 fully saturated rings. The number of ether oxygens (including phenoxy) is 3. The Morgan fingerprint density at radius 1 is 1.04 bits per heavy atom. The van der Waals surface area contributed by atoms with Crippen molar-refractivity contribution in [1.29, 1.82) is 0 Å². The second kappa shape index (κ2) is 8.84. The van der Waals surface area contributed by atoms with Crippen LogP contribution in [-0.2, 0) is 14.8 Å². The molecule has 2 N–H and O–H groups in total. The molecular weight excluding hydrogens is 392 g/mol. The molecule has 0 unspecified atom stereocenters. The number of para-hydroxylation sites is 1. The molecule has 1 heterocycles. The highest BCUT2D eigenvalue weighted by Gasteiger charge is 2.26. The summed E-state index contributed by atoms with van der Waals surface area (Å²) in [5.41, 5.74) is -0.0559. The number of nitrogens with zero attached hydrogens (tertiary/aromatic N) is 2. The van der Waals surface area contributed by atoms with E-state index >= 15 is 0 Å². The summed E-state index contributed by atoms with van der Waals surface area (Å²) in [7, 11) is -0.593. The van der Waals surface area contributed by atoms with Gasteiger partial charge in [0.1, 0.15) is 11.7 Å². The summed E-state index contributed by atoms with van der Waals surface area (Å²) >= 11 is 0. The first-order valence-electron chi connectivity index (χ1n) is 7.54. The Morgan fingerprint density at radius 3 is 2.18 bits per heavy atom. The lowest BCUT2D eigenvalue weighted by molar-refractivity contribution is 0.256. The fourth-order valence-corrected chi connectivity index (χ4v) is 3.02. The number of hydrogen-bond donors (Lipinski definition) is 2. The van der Waals surface area contributed by atoms with Crippen molar-refractivity contribution in [2.24, 2.45) is 0 Å². The van der Waals surface area contributed by atoms with Gasteiger partial charge in [-0.3, -0.25) is 5.32 Å². The molecule has 2 rings (SSSR count). The molecule has 28 heavy (non-hydrogen) atoms. The Labute approximate surface area is 160 Å². The van der Waals surface area contributed by atoms with E-state index in [4.69, 9.17) is 14.2 Å². The highest BCUT2D eigenvalue weighted by molar-refractivity contribution is 7.99. The van der Waals surface area contributed by atoms with E-state index in [9.17, 15) is 18.0 Å². The quantitative estimate of drug-likeness (QED) is 0.636. The van der Waals surface area contributed by atoms with Crippen molar-refractivity contribution in [2.45, 2.75) is 0 Å². The smallest absolute Gasteiger partial charge is 0.335 e. The van der Waals surface area contributed by atoms with Gasteiger partial charge in [-0.1, -0.05) is 12.1 Å². The van der Waals surface area contributed by atoms with E-state index in [0.29, 0.717) is 0 Å². The minimum atomic E-state index is -4.58. The lowest BCUT2D eigenvalue weighted by Gasteiger charge is -2.11. The average molecular weight is 408 g/mol. The van der Waals surface area contributed by atoms with E-state index < -0.39 is 21.0 Å². The molecule has 0 bridgehead atoms. The van der Waals surface area contributed by atoms with Crippen LogP contribution in [0.3, 0.4) is 0 Å². The highest BCUT2D eigenvalue weighted by Crippen LogP contribution is 2.27. The third-order valence-corrected chi connectivity index (χ3v) is 4.56. The topological polar surface area (TPSA) is 146 Å². The monoisotopic (exact) mass is 408 g/mol. The molecule has 0 atom stereocenters. The molecule has 0 aliphatic heterocycles. The highest BCUT2D eigenvalue weighted by atomic mass is 32.2. The minimum Gasteiger partial charge on any atom is -0.496 e. The molecule has 0 radical (unpaired) electrons. The van der Waals surface area contributed by atoms with Crippen LogP contribution < -0.4 is 24.2 Å². The SMILES string of the molecule is COc1cc(OC)nc(NC(=O)NS(=O)(=O)C(=C=O)c2ccccc2OC)n1. The molecule has 0 saturated heterocycles. The van der Waals surface area contributed by atoms with Crippen LogP contribution >= 0.6 is 0 Å². The molecule has 148 valence electrons. The molecule has 2 aromatic rings. The van der Waals surface area contributed by atoms with Gasteiger partial charge in [0.25, 0.3) is 10.0 Å². The van der Waals surface area contributed by atoms with Gasteiger partial charge in [0.2, 0.25) is 17.7 Å². The zero-order chi connectivity index (χ0) is 20.7. The Morgan fingerprint density at radius 2 is 1.64 bits per heavy atom. The van der Waals surface area contributed by atoms with Crippen LogP contribution in [0.15, 0.2) is 30.3 Å². The van der Waals surface area contributed by atoms with Crippen molar-refractivity contribution in [2.75, 3.05) is 26.6 Å². The maximum absolute atomic E-state index is 12.5. The van der Waals surface area contributed by atoms with Crippen molar-refractivity contribution in [3.63, 3.8) is 0 Å². The predicted octanol–water partition coefficient (Wildman–Crippen LogP) is 0.826. The van der Waals surface area contributed by atoms with E-state index in [-0.39, 0.29) is 29.0 Å². The summed E-state index contributed by atoms with van der Waals surface area (Å²) in [6.07, 6.45) is 0. The standard InChI is InChI=1S/C16H16N4O7S/c1-25-11-7-5-4-6-10(11)12(9-21)28(23,24)20-16(22)19-15-17-13(26-2)8-14(18-15)27-3/h4-8H,1-3H3,(H2,17,18,19,20,22). The Hall–Kier alpha value is -3.63. The summed E-state index contributed by atoms with van der Waals surface area (Å²) in [6.45, 7) is 0. The predicted molar refractivity (Wildman–Crippen MR) is 98.3 cm³/mol. The van der Waals surface area contributed by atoms with Gasteiger partial charge in [0, 0.05) is 5.56 Å². The number of hydrogen-bond acceptors (Lipinski definition) is 9. The number of carbonyl (C=O) groups is 1. The molecular formula is C16H16N4O7S.